The summed E-state index contributed by atoms with van der Waals surface area (Å²) in [6.45, 7) is 9.56. The molecule has 2 heteroatoms. The molecule has 0 aliphatic heterocycles. The molecule has 0 fully saturated rings. The molecule has 0 aliphatic carbocycles. The molecular formula is C19H27NO. The van der Waals surface area contributed by atoms with Crippen molar-refractivity contribution in [3.05, 3.63) is 42.0 Å². The number of fused-ring (bicyclic) bond motifs is 1. The summed E-state index contributed by atoms with van der Waals surface area (Å²) in [5.41, 5.74) is 1.27. The van der Waals surface area contributed by atoms with Gasteiger partial charge in [-0.15, -0.1) is 0 Å². The van der Waals surface area contributed by atoms with Crippen LogP contribution in [0.5, 0.6) is 5.75 Å². The molecule has 0 saturated heterocycles. The molecule has 114 valence electrons. The van der Waals surface area contributed by atoms with Gasteiger partial charge in [-0.25, -0.2) is 0 Å². The number of rotatable bonds is 7. The minimum absolute atomic E-state index is 0.244. The summed E-state index contributed by atoms with van der Waals surface area (Å²) in [6, 6.07) is 13.3. The van der Waals surface area contributed by atoms with Crippen LogP contribution in [0.1, 0.15) is 46.1 Å². The van der Waals surface area contributed by atoms with Gasteiger partial charge in [-0.2, -0.15) is 0 Å². The van der Waals surface area contributed by atoms with Crippen molar-refractivity contribution >= 4 is 10.8 Å². The van der Waals surface area contributed by atoms with Gasteiger partial charge in [0.1, 0.15) is 5.75 Å². The first-order chi connectivity index (χ1) is 10.2. The van der Waals surface area contributed by atoms with Crippen LogP contribution >= 0.6 is 0 Å². The molecule has 2 unspecified atom stereocenters. The second-order valence-electron chi connectivity index (χ2n) is 5.79. The Morgan fingerprint density at radius 1 is 1.00 bits per heavy atom. The van der Waals surface area contributed by atoms with Crippen molar-refractivity contribution in [2.24, 2.45) is 0 Å². The maximum Gasteiger partial charge on any atom is 0.124 e. The van der Waals surface area contributed by atoms with E-state index in [1.165, 1.54) is 16.3 Å². The molecule has 0 aliphatic rings. The van der Waals surface area contributed by atoms with Gasteiger partial charge in [-0.1, -0.05) is 44.2 Å². The summed E-state index contributed by atoms with van der Waals surface area (Å²) >= 11 is 0. The van der Waals surface area contributed by atoms with Gasteiger partial charge in [-0.3, -0.25) is 0 Å². The van der Waals surface area contributed by atoms with Crippen molar-refractivity contribution in [2.45, 2.75) is 59.2 Å². The fourth-order valence-corrected chi connectivity index (χ4v) is 2.33. The number of ether oxygens (including phenoxy) is 1. The standard InChI is InChI=1S/C19H27NO/c1-5-14(3)20-13-18-17-10-8-7-9-16(17)11-12-19(18)21-15(4)6-2/h7-12,14-15,20H,5-6,13H2,1-4H3. The molecular weight excluding hydrogens is 258 g/mol. The van der Waals surface area contributed by atoms with Crippen LogP contribution in [-0.2, 0) is 6.54 Å². The van der Waals surface area contributed by atoms with Crippen molar-refractivity contribution in [1.82, 2.24) is 5.32 Å². The van der Waals surface area contributed by atoms with E-state index in [4.69, 9.17) is 4.74 Å². The van der Waals surface area contributed by atoms with Gasteiger partial charge in [0.05, 0.1) is 6.10 Å². The fraction of sp³-hybridized carbons (Fsp3) is 0.474. The van der Waals surface area contributed by atoms with Crippen molar-refractivity contribution in [3.63, 3.8) is 0 Å². The Morgan fingerprint density at radius 3 is 2.48 bits per heavy atom. The van der Waals surface area contributed by atoms with E-state index in [0.29, 0.717) is 6.04 Å². The molecule has 2 nitrogen and oxygen atoms in total. The van der Waals surface area contributed by atoms with Crippen molar-refractivity contribution in [2.75, 3.05) is 0 Å². The highest BCUT2D eigenvalue weighted by Crippen LogP contribution is 2.29. The van der Waals surface area contributed by atoms with Crippen LogP contribution in [0.25, 0.3) is 10.8 Å². The summed E-state index contributed by atoms with van der Waals surface area (Å²) in [7, 11) is 0. The second kappa shape index (κ2) is 7.46. The van der Waals surface area contributed by atoms with Gasteiger partial charge in [0, 0.05) is 18.2 Å². The van der Waals surface area contributed by atoms with Crippen LogP contribution in [0.2, 0.25) is 0 Å². The third-order valence-electron chi connectivity index (χ3n) is 4.14. The number of nitrogens with one attached hydrogen (secondary N) is 1. The third kappa shape index (κ3) is 3.98. The molecule has 0 heterocycles. The minimum Gasteiger partial charge on any atom is -0.490 e. The monoisotopic (exact) mass is 285 g/mol. The van der Waals surface area contributed by atoms with Gasteiger partial charge in [0.2, 0.25) is 0 Å². The fourth-order valence-electron chi connectivity index (χ4n) is 2.33. The van der Waals surface area contributed by atoms with E-state index in [9.17, 15) is 0 Å². The first kappa shape index (κ1) is 15.8. The van der Waals surface area contributed by atoms with Crippen LogP contribution in [0, 0.1) is 0 Å². The van der Waals surface area contributed by atoms with Gasteiger partial charge >= 0.3 is 0 Å². The molecule has 2 atom stereocenters. The quantitative estimate of drug-likeness (QED) is 0.781. The van der Waals surface area contributed by atoms with Crippen LogP contribution < -0.4 is 10.1 Å². The minimum atomic E-state index is 0.244. The van der Waals surface area contributed by atoms with Crippen molar-refractivity contribution < 1.29 is 4.74 Å². The lowest BCUT2D eigenvalue weighted by Crippen LogP contribution is -2.25. The van der Waals surface area contributed by atoms with Crippen LogP contribution in [0.4, 0.5) is 0 Å². The third-order valence-corrected chi connectivity index (χ3v) is 4.14. The first-order valence-electron chi connectivity index (χ1n) is 8.06. The molecule has 0 spiro atoms. The highest BCUT2D eigenvalue weighted by atomic mass is 16.5. The highest BCUT2D eigenvalue weighted by Gasteiger charge is 2.11. The summed E-state index contributed by atoms with van der Waals surface area (Å²) < 4.78 is 6.13. The zero-order valence-corrected chi connectivity index (χ0v) is 13.6. The molecule has 21 heavy (non-hydrogen) atoms. The maximum atomic E-state index is 6.13. The summed E-state index contributed by atoms with van der Waals surface area (Å²) in [6.07, 6.45) is 2.39. The number of benzene rings is 2. The number of hydrogen-bond acceptors (Lipinski definition) is 2. The molecule has 0 radical (unpaired) electrons. The Hall–Kier alpha value is -1.54. The summed E-state index contributed by atoms with van der Waals surface area (Å²) in [4.78, 5) is 0. The molecule has 0 aromatic heterocycles. The van der Waals surface area contributed by atoms with Gasteiger partial charge < -0.3 is 10.1 Å². The average Bonchev–Trinajstić information content (AvgIpc) is 2.53. The van der Waals surface area contributed by atoms with E-state index in [2.05, 4.69) is 69.4 Å². The van der Waals surface area contributed by atoms with Crippen molar-refractivity contribution in [1.29, 1.82) is 0 Å². The Bertz CT molecular complexity index is 579. The van der Waals surface area contributed by atoms with Crippen molar-refractivity contribution in [3.8, 4) is 5.75 Å². The SMILES string of the molecule is CCC(C)NCc1c(OC(C)CC)ccc2ccccc12. The zero-order chi connectivity index (χ0) is 15.2. The zero-order valence-electron chi connectivity index (χ0n) is 13.6. The van der Waals surface area contributed by atoms with E-state index < -0.39 is 0 Å². The largest absolute Gasteiger partial charge is 0.490 e. The number of hydrogen-bond donors (Lipinski definition) is 1. The predicted molar refractivity (Wildman–Crippen MR) is 90.9 cm³/mol. The average molecular weight is 285 g/mol. The maximum absolute atomic E-state index is 6.13. The van der Waals surface area contributed by atoms with Crippen LogP contribution in [-0.4, -0.2) is 12.1 Å². The molecule has 1 N–H and O–H groups in total. The van der Waals surface area contributed by atoms with E-state index in [1.54, 1.807) is 0 Å². The molecule has 2 aromatic carbocycles. The Labute approximate surface area is 128 Å². The lowest BCUT2D eigenvalue weighted by molar-refractivity contribution is 0.215. The Morgan fingerprint density at radius 2 is 1.76 bits per heavy atom. The molecule has 0 bridgehead atoms. The van der Waals surface area contributed by atoms with Gasteiger partial charge in [-0.05, 0) is 43.5 Å². The Balaban J connectivity index is 2.36. The van der Waals surface area contributed by atoms with Gasteiger partial charge in [0.15, 0.2) is 0 Å². The van der Waals surface area contributed by atoms with Crippen LogP contribution in [0.15, 0.2) is 36.4 Å². The summed E-state index contributed by atoms with van der Waals surface area (Å²) in [5.74, 6) is 1.01. The highest BCUT2D eigenvalue weighted by molar-refractivity contribution is 5.87. The van der Waals surface area contributed by atoms with Crippen LogP contribution in [0.3, 0.4) is 0 Å². The van der Waals surface area contributed by atoms with Gasteiger partial charge in [0.25, 0.3) is 0 Å². The smallest absolute Gasteiger partial charge is 0.124 e. The lowest BCUT2D eigenvalue weighted by atomic mass is 10.0. The molecule has 2 rings (SSSR count). The summed E-state index contributed by atoms with van der Waals surface area (Å²) in [5, 5.41) is 6.15. The lowest BCUT2D eigenvalue weighted by Gasteiger charge is -2.20. The second-order valence-corrected chi connectivity index (χ2v) is 5.79. The van der Waals surface area contributed by atoms with E-state index in [-0.39, 0.29) is 6.10 Å². The van der Waals surface area contributed by atoms with E-state index >= 15 is 0 Å². The Kier molecular flexibility index (Phi) is 5.63. The normalized spacial score (nSPS) is 14.1. The van der Waals surface area contributed by atoms with E-state index in [1.807, 2.05) is 0 Å². The molecule has 2 aromatic rings. The molecule has 0 amide bonds. The topological polar surface area (TPSA) is 21.3 Å². The predicted octanol–water partition coefficient (Wildman–Crippen LogP) is 4.91. The van der Waals surface area contributed by atoms with E-state index in [0.717, 1.165) is 25.1 Å². The molecule has 0 saturated carbocycles. The first-order valence-corrected chi connectivity index (χ1v) is 8.06.